The number of esters is 1. The number of benzene rings is 1. The normalized spacial score (nSPS) is 15.2. The zero-order valence-corrected chi connectivity index (χ0v) is 15.2. The predicted octanol–water partition coefficient (Wildman–Crippen LogP) is 3.52. The highest BCUT2D eigenvalue weighted by Gasteiger charge is 2.31. The van der Waals surface area contributed by atoms with Crippen molar-refractivity contribution in [3.05, 3.63) is 47.7 Å². The molecule has 0 amide bonds. The molecule has 0 aliphatic heterocycles. The van der Waals surface area contributed by atoms with Crippen LogP contribution < -0.4 is 0 Å². The van der Waals surface area contributed by atoms with Gasteiger partial charge < -0.3 is 14.6 Å². The number of rotatable bonds is 7. The second-order valence-corrected chi connectivity index (χ2v) is 6.35. The number of hydrogen-bond acceptors (Lipinski definition) is 5. The molecule has 1 aromatic carbocycles. The third-order valence-electron chi connectivity index (χ3n) is 4.29. The quantitative estimate of drug-likeness (QED) is 0.779. The van der Waals surface area contributed by atoms with Gasteiger partial charge in [0, 0.05) is 19.1 Å². The van der Waals surface area contributed by atoms with Gasteiger partial charge in [-0.25, -0.2) is 0 Å². The van der Waals surface area contributed by atoms with Gasteiger partial charge in [0.25, 0.3) is 0 Å². The lowest BCUT2D eigenvalue weighted by molar-refractivity contribution is -0.149. The first-order valence-electron chi connectivity index (χ1n) is 8.25. The molecule has 1 heterocycles. The van der Waals surface area contributed by atoms with Crippen LogP contribution in [0, 0.1) is 5.41 Å². The summed E-state index contributed by atoms with van der Waals surface area (Å²) in [6.07, 6.45) is 3.66. The molecule has 0 spiro atoms. The van der Waals surface area contributed by atoms with Crippen molar-refractivity contribution in [3.8, 4) is 0 Å². The van der Waals surface area contributed by atoms with Crippen LogP contribution >= 0.6 is 0 Å². The molecule has 2 rings (SSSR count). The van der Waals surface area contributed by atoms with E-state index in [9.17, 15) is 9.90 Å². The fourth-order valence-electron chi connectivity index (χ4n) is 2.57. The summed E-state index contributed by atoms with van der Waals surface area (Å²) in [7, 11) is 2.99. The highest BCUT2D eigenvalue weighted by molar-refractivity contribution is 5.83. The van der Waals surface area contributed by atoms with Gasteiger partial charge >= 0.3 is 5.97 Å². The molecular formula is C20H25NO4. The lowest BCUT2D eigenvalue weighted by Gasteiger charge is -2.22. The Labute approximate surface area is 148 Å². The second kappa shape index (κ2) is 8.23. The number of carbonyl (C=O) groups excluding carboxylic acids is 1. The number of ether oxygens (including phenoxy) is 2. The molecular weight excluding hydrogens is 318 g/mol. The Morgan fingerprint density at radius 2 is 2.04 bits per heavy atom. The summed E-state index contributed by atoms with van der Waals surface area (Å²) in [5.74, 6) is -0.295. The fourth-order valence-corrected chi connectivity index (χ4v) is 2.57. The Bertz CT molecular complexity index is 769. The van der Waals surface area contributed by atoms with E-state index in [2.05, 4.69) is 4.98 Å². The van der Waals surface area contributed by atoms with Crippen molar-refractivity contribution in [3.63, 3.8) is 0 Å². The van der Waals surface area contributed by atoms with E-state index in [4.69, 9.17) is 9.47 Å². The first-order valence-corrected chi connectivity index (χ1v) is 8.25. The summed E-state index contributed by atoms with van der Waals surface area (Å²) in [4.78, 5) is 16.6. The molecule has 134 valence electrons. The molecule has 0 saturated carbocycles. The molecule has 0 saturated heterocycles. The third-order valence-corrected chi connectivity index (χ3v) is 4.29. The Morgan fingerprint density at radius 3 is 2.68 bits per heavy atom. The van der Waals surface area contributed by atoms with Crippen LogP contribution in [0.2, 0.25) is 0 Å². The molecule has 5 heteroatoms. The first kappa shape index (κ1) is 19.1. The van der Waals surface area contributed by atoms with E-state index in [1.165, 1.54) is 7.11 Å². The van der Waals surface area contributed by atoms with Crippen molar-refractivity contribution < 1.29 is 19.4 Å². The average Bonchev–Trinajstić information content (AvgIpc) is 2.63. The van der Waals surface area contributed by atoms with Gasteiger partial charge in [0.05, 0.1) is 29.8 Å². The van der Waals surface area contributed by atoms with Crippen molar-refractivity contribution >= 4 is 22.9 Å². The highest BCUT2D eigenvalue weighted by Crippen LogP contribution is 2.27. The zero-order chi connectivity index (χ0) is 18.4. The van der Waals surface area contributed by atoms with E-state index in [1.807, 2.05) is 49.4 Å². The molecule has 0 aliphatic rings. The largest absolute Gasteiger partial charge is 0.468 e. The standard InChI is InChI=1S/C20H25NO4/c1-14(22)17-8-7-16-6-5-15(13-18(16)21-17)9-10-20(2,11-12-24-3)19(23)25-4/h5-10,13-14,22H,11-12H2,1-4H3/b10-9+/t14-,20?/m1/s1. The van der Waals surface area contributed by atoms with Crippen LogP contribution in [0.4, 0.5) is 0 Å². The molecule has 1 unspecified atom stereocenters. The smallest absolute Gasteiger partial charge is 0.315 e. The summed E-state index contributed by atoms with van der Waals surface area (Å²) in [6, 6.07) is 9.64. The molecule has 1 N–H and O–H groups in total. The van der Waals surface area contributed by atoms with E-state index in [0.29, 0.717) is 18.7 Å². The Morgan fingerprint density at radius 1 is 1.32 bits per heavy atom. The molecule has 0 aliphatic carbocycles. The molecule has 0 bridgehead atoms. The van der Waals surface area contributed by atoms with Crippen LogP contribution in [0.3, 0.4) is 0 Å². The van der Waals surface area contributed by atoms with Gasteiger partial charge in [-0.3, -0.25) is 9.78 Å². The minimum Gasteiger partial charge on any atom is -0.468 e. The van der Waals surface area contributed by atoms with Gasteiger partial charge in [0.2, 0.25) is 0 Å². The van der Waals surface area contributed by atoms with Crippen molar-refractivity contribution in [2.24, 2.45) is 5.41 Å². The molecule has 0 radical (unpaired) electrons. The van der Waals surface area contributed by atoms with Crippen molar-refractivity contribution in [2.45, 2.75) is 26.4 Å². The average molecular weight is 343 g/mol. The summed E-state index contributed by atoms with van der Waals surface area (Å²) in [5, 5.41) is 10.7. The van der Waals surface area contributed by atoms with E-state index in [1.54, 1.807) is 14.0 Å². The maximum atomic E-state index is 12.1. The lowest BCUT2D eigenvalue weighted by Crippen LogP contribution is -2.28. The van der Waals surface area contributed by atoms with E-state index >= 15 is 0 Å². The Hall–Kier alpha value is -2.24. The molecule has 5 nitrogen and oxygen atoms in total. The SMILES string of the molecule is COCCC(C)(/C=C/c1ccc2ccc([C@@H](C)O)nc2c1)C(=O)OC. The number of pyridine rings is 1. The van der Waals surface area contributed by atoms with Gasteiger partial charge in [-0.15, -0.1) is 0 Å². The predicted molar refractivity (Wildman–Crippen MR) is 98.0 cm³/mol. The van der Waals surface area contributed by atoms with Crippen LogP contribution in [0.15, 0.2) is 36.4 Å². The van der Waals surface area contributed by atoms with Crippen LogP contribution in [0.25, 0.3) is 17.0 Å². The number of aliphatic hydroxyl groups excluding tert-OH is 1. The number of methoxy groups -OCH3 is 2. The Kier molecular flexibility index (Phi) is 6.28. The topological polar surface area (TPSA) is 68.7 Å². The van der Waals surface area contributed by atoms with E-state index in [-0.39, 0.29) is 5.97 Å². The number of fused-ring (bicyclic) bond motifs is 1. The summed E-state index contributed by atoms with van der Waals surface area (Å²) >= 11 is 0. The lowest BCUT2D eigenvalue weighted by atomic mass is 9.86. The van der Waals surface area contributed by atoms with Gasteiger partial charge in [0.1, 0.15) is 0 Å². The van der Waals surface area contributed by atoms with Crippen molar-refractivity contribution in [1.29, 1.82) is 0 Å². The number of nitrogens with zero attached hydrogens (tertiary/aromatic N) is 1. The first-order chi connectivity index (χ1) is 11.9. The van der Waals surface area contributed by atoms with Gasteiger partial charge in [-0.05, 0) is 38.0 Å². The molecule has 2 atom stereocenters. The number of aliphatic hydroxyl groups is 1. The second-order valence-electron chi connectivity index (χ2n) is 6.35. The van der Waals surface area contributed by atoms with Crippen LogP contribution in [0.1, 0.15) is 37.6 Å². The van der Waals surface area contributed by atoms with Crippen LogP contribution in [0.5, 0.6) is 0 Å². The summed E-state index contributed by atoms with van der Waals surface area (Å²) < 4.78 is 10.0. The number of carbonyl (C=O) groups is 1. The molecule has 1 aromatic heterocycles. The summed E-state index contributed by atoms with van der Waals surface area (Å²) in [6.45, 7) is 3.99. The maximum Gasteiger partial charge on any atom is 0.315 e. The van der Waals surface area contributed by atoms with E-state index < -0.39 is 11.5 Å². The summed E-state index contributed by atoms with van der Waals surface area (Å²) in [5.41, 5.74) is 1.61. The fraction of sp³-hybridized carbons (Fsp3) is 0.400. The van der Waals surface area contributed by atoms with Gasteiger partial charge in [-0.2, -0.15) is 0 Å². The van der Waals surface area contributed by atoms with Crippen molar-refractivity contribution in [1.82, 2.24) is 4.98 Å². The molecule has 0 fully saturated rings. The molecule has 2 aromatic rings. The molecule has 25 heavy (non-hydrogen) atoms. The minimum atomic E-state index is -0.755. The Balaban J connectivity index is 2.33. The monoisotopic (exact) mass is 343 g/mol. The highest BCUT2D eigenvalue weighted by atomic mass is 16.5. The third kappa shape index (κ3) is 4.65. The number of aromatic nitrogens is 1. The van der Waals surface area contributed by atoms with Gasteiger partial charge in [-0.1, -0.05) is 30.4 Å². The van der Waals surface area contributed by atoms with E-state index in [0.717, 1.165) is 16.5 Å². The van der Waals surface area contributed by atoms with Crippen LogP contribution in [-0.2, 0) is 14.3 Å². The van der Waals surface area contributed by atoms with Gasteiger partial charge in [0.15, 0.2) is 0 Å². The zero-order valence-electron chi connectivity index (χ0n) is 15.2. The number of hydrogen-bond donors (Lipinski definition) is 1. The minimum absolute atomic E-state index is 0.295. The maximum absolute atomic E-state index is 12.1. The van der Waals surface area contributed by atoms with Crippen LogP contribution in [-0.4, -0.2) is 36.9 Å². The van der Waals surface area contributed by atoms with Crippen molar-refractivity contribution in [2.75, 3.05) is 20.8 Å².